The molecule has 0 radical (unpaired) electrons. The highest BCUT2D eigenvalue weighted by Gasteiger charge is 2.14. The van der Waals surface area contributed by atoms with Gasteiger partial charge in [-0.25, -0.2) is 0 Å². The number of benzene rings is 2. The molecule has 1 aromatic heterocycles. The first-order valence-electron chi connectivity index (χ1n) is 7.80. The molecular formula is C19H20N4O. The Morgan fingerprint density at radius 2 is 1.79 bits per heavy atom. The van der Waals surface area contributed by atoms with Crippen LogP contribution in [0.25, 0.3) is 11.4 Å². The molecule has 0 atom stereocenters. The minimum atomic E-state index is -0.102. The van der Waals surface area contributed by atoms with E-state index in [1.54, 1.807) is 6.33 Å². The van der Waals surface area contributed by atoms with Gasteiger partial charge in [-0.3, -0.25) is 4.79 Å². The van der Waals surface area contributed by atoms with Gasteiger partial charge in [0.25, 0.3) is 5.91 Å². The van der Waals surface area contributed by atoms with Crippen molar-refractivity contribution in [2.75, 3.05) is 5.32 Å². The van der Waals surface area contributed by atoms with Gasteiger partial charge in [0.1, 0.15) is 6.33 Å². The second kappa shape index (κ2) is 6.28. The molecular weight excluding hydrogens is 300 g/mol. The van der Waals surface area contributed by atoms with Crippen LogP contribution in [0.1, 0.15) is 27.0 Å². The molecule has 0 aliphatic rings. The number of carbonyl (C=O) groups excluding carboxylic acids is 1. The van der Waals surface area contributed by atoms with Crippen molar-refractivity contribution in [3.63, 3.8) is 0 Å². The topological polar surface area (TPSA) is 59.8 Å². The van der Waals surface area contributed by atoms with Gasteiger partial charge in [-0.05, 0) is 49.6 Å². The van der Waals surface area contributed by atoms with E-state index >= 15 is 0 Å². The highest BCUT2D eigenvalue weighted by molar-refractivity contribution is 6.06. The van der Waals surface area contributed by atoms with E-state index in [9.17, 15) is 4.79 Å². The molecule has 3 rings (SSSR count). The third kappa shape index (κ3) is 2.80. The van der Waals surface area contributed by atoms with Crippen molar-refractivity contribution in [1.82, 2.24) is 14.8 Å². The third-order valence-corrected chi connectivity index (χ3v) is 4.38. The molecule has 3 aromatic rings. The minimum Gasteiger partial charge on any atom is -0.322 e. The smallest absolute Gasteiger partial charge is 0.255 e. The summed E-state index contributed by atoms with van der Waals surface area (Å²) in [5.74, 6) is 0.671. The van der Waals surface area contributed by atoms with Crippen LogP contribution >= 0.6 is 0 Å². The number of hydrogen-bond acceptors (Lipinski definition) is 3. The fourth-order valence-electron chi connectivity index (χ4n) is 2.73. The highest BCUT2D eigenvalue weighted by Crippen LogP contribution is 2.27. The molecule has 122 valence electrons. The third-order valence-electron chi connectivity index (χ3n) is 4.38. The van der Waals surface area contributed by atoms with Crippen molar-refractivity contribution in [3.05, 3.63) is 65.0 Å². The lowest BCUT2D eigenvalue weighted by Crippen LogP contribution is -2.15. The van der Waals surface area contributed by atoms with Crippen LogP contribution in [0.2, 0.25) is 0 Å². The Hall–Kier alpha value is -2.95. The van der Waals surface area contributed by atoms with Crippen molar-refractivity contribution >= 4 is 11.6 Å². The average molecular weight is 320 g/mol. The maximum atomic E-state index is 12.7. The van der Waals surface area contributed by atoms with E-state index in [-0.39, 0.29) is 5.91 Å². The monoisotopic (exact) mass is 320 g/mol. The van der Waals surface area contributed by atoms with E-state index in [4.69, 9.17) is 0 Å². The molecule has 0 unspecified atom stereocenters. The molecule has 1 heterocycles. The number of amides is 1. The number of hydrogen-bond donors (Lipinski definition) is 1. The van der Waals surface area contributed by atoms with Gasteiger partial charge in [-0.15, -0.1) is 10.2 Å². The summed E-state index contributed by atoms with van der Waals surface area (Å²) in [6, 6.07) is 11.5. The Labute approximate surface area is 141 Å². The molecule has 2 aromatic carbocycles. The SMILES string of the molecule is Cc1cccc(C(=O)Nc2cccc(-c3nncn3C)c2C)c1C. The van der Waals surface area contributed by atoms with Crippen molar-refractivity contribution in [1.29, 1.82) is 0 Å². The number of carbonyl (C=O) groups is 1. The molecule has 5 heteroatoms. The predicted octanol–water partition coefficient (Wildman–Crippen LogP) is 3.66. The molecule has 0 saturated carbocycles. The molecule has 1 N–H and O–H groups in total. The maximum absolute atomic E-state index is 12.7. The fourth-order valence-corrected chi connectivity index (χ4v) is 2.73. The number of aromatic nitrogens is 3. The summed E-state index contributed by atoms with van der Waals surface area (Å²) < 4.78 is 1.86. The molecule has 0 aliphatic heterocycles. The molecule has 5 nitrogen and oxygen atoms in total. The Morgan fingerprint density at radius 3 is 2.50 bits per heavy atom. The van der Waals surface area contributed by atoms with Gasteiger partial charge in [-0.2, -0.15) is 0 Å². The Balaban J connectivity index is 1.95. The van der Waals surface area contributed by atoms with Gasteiger partial charge in [0.15, 0.2) is 5.82 Å². The van der Waals surface area contributed by atoms with E-state index in [1.165, 1.54) is 0 Å². The predicted molar refractivity (Wildman–Crippen MR) is 95.0 cm³/mol. The zero-order valence-electron chi connectivity index (χ0n) is 14.3. The Bertz CT molecular complexity index is 911. The number of rotatable bonds is 3. The summed E-state index contributed by atoms with van der Waals surface area (Å²) in [5, 5.41) is 11.1. The normalized spacial score (nSPS) is 10.7. The van der Waals surface area contributed by atoms with Gasteiger partial charge < -0.3 is 9.88 Å². The van der Waals surface area contributed by atoms with Crippen LogP contribution in [0.3, 0.4) is 0 Å². The van der Waals surface area contributed by atoms with Crippen LogP contribution in [0, 0.1) is 20.8 Å². The van der Waals surface area contributed by atoms with Gasteiger partial charge in [0, 0.05) is 23.9 Å². The van der Waals surface area contributed by atoms with Crippen LogP contribution in [-0.2, 0) is 7.05 Å². The number of nitrogens with zero attached hydrogens (tertiary/aromatic N) is 3. The summed E-state index contributed by atoms with van der Waals surface area (Å²) >= 11 is 0. The van der Waals surface area contributed by atoms with Crippen molar-refractivity contribution in [3.8, 4) is 11.4 Å². The van der Waals surface area contributed by atoms with Crippen molar-refractivity contribution in [2.45, 2.75) is 20.8 Å². The number of aryl methyl sites for hydroxylation is 2. The summed E-state index contributed by atoms with van der Waals surface area (Å²) in [6.07, 6.45) is 1.66. The van der Waals surface area contributed by atoms with Crippen LogP contribution in [0.4, 0.5) is 5.69 Å². The second-order valence-electron chi connectivity index (χ2n) is 5.95. The minimum absolute atomic E-state index is 0.102. The molecule has 0 saturated heterocycles. The summed E-state index contributed by atoms with van der Waals surface area (Å²) in [6.45, 7) is 5.95. The molecule has 24 heavy (non-hydrogen) atoms. The van der Waals surface area contributed by atoms with Crippen molar-refractivity contribution < 1.29 is 4.79 Å². The largest absolute Gasteiger partial charge is 0.322 e. The lowest BCUT2D eigenvalue weighted by molar-refractivity contribution is 0.102. The maximum Gasteiger partial charge on any atom is 0.255 e. The zero-order chi connectivity index (χ0) is 17.3. The van der Waals surface area contributed by atoms with Crippen LogP contribution in [-0.4, -0.2) is 20.7 Å². The summed E-state index contributed by atoms with van der Waals surface area (Å²) in [4.78, 5) is 12.7. The standard InChI is InChI=1S/C19H20N4O/c1-12-7-5-9-16(13(12)2)19(24)21-17-10-6-8-15(14(17)3)18-22-20-11-23(18)4/h5-11H,1-4H3,(H,21,24). The van der Waals surface area contributed by atoms with E-state index in [0.717, 1.165) is 33.8 Å². The van der Waals surface area contributed by atoms with E-state index in [2.05, 4.69) is 15.5 Å². The Morgan fingerprint density at radius 1 is 1.04 bits per heavy atom. The molecule has 1 amide bonds. The quantitative estimate of drug-likeness (QED) is 0.801. The van der Waals surface area contributed by atoms with Crippen LogP contribution in [0.15, 0.2) is 42.7 Å². The molecule has 0 aliphatic carbocycles. The Kier molecular flexibility index (Phi) is 4.16. The summed E-state index contributed by atoms with van der Waals surface area (Å²) in [7, 11) is 1.90. The first-order valence-corrected chi connectivity index (χ1v) is 7.80. The highest BCUT2D eigenvalue weighted by atomic mass is 16.1. The molecule has 0 spiro atoms. The van der Waals surface area contributed by atoms with E-state index in [0.29, 0.717) is 5.56 Å². The summed E-state index contributed by atoms with van der Waals surface area (Å²) in [5.41, 5.74) is 5.49. The fraction of sp³-hybridized carbons (Fsp3) is 0.211. The lowest BCUT2D eigenvalue weighted by Gasteiger charge is -2.13. The molecule has 0 bridgehead atoms. The first kappa shape index (κ1) is 15.9. The van der Waals surface area contributed by atoms with Gasteiger partial charge in [-0.1, -0.05) is 24.3 Å². The molecule has 0 fully saturated rings. The first-order chi connectivity index (χ1) is 11.5. The van der Waals surface area contributed by atoms with Gasteiger partial charge >= 0.3 is 0 Å². The lowest BCUT2D eigenvalue weighted by atomic mass is 10.0. The number of anilines is 1. The van der Waals surface area contributed by atoms with Gasteiger partial charge in [0.05, 0.1) is 0 Å². The van der Waals surface area contributed by atoms with E-state index in [1.807, 2.05) is 68.8 Å². The average Bonchev–Trinajstić information content (AvgIpc) is 2.98. The van der Waals surface area contributed by atoms with Gasteiger partial charge in [0.2, 0.25) is 0 Å². The zero-order valence-corrected chi connectivity index (χ0v) is 14.3. The van der Waals surface area contributed by atoms with Crippen LogP contribution < -0.4 is 5.32 Å². The van der Waals surface area contributed by atoms with Crippen molar-refractivity contribution in [2.24, 2.45) is 7.05 Å². The second-order valence-corrected chi connectivity index (χ2v) is 5.95. The number of nitrogens with one attached hydrogen (secondary N) is 1. The van der Waals surface area contributed by atoms with E-state index < -0.39 is 0 Å². The van der Waals surface area contributed by atoms with Crippen LogP contribution in [0.5, 0.6) is 0 Å².